The second kappa shape index (κ2) is 8.62. The average molecular weight is 361 g/mol. The Hall–Kier alpha value is -2.17. The van der Waals surface area contributed by atoms with Gasteiger partial charge in [0.1, 0.15) is 6.04 Å². The van der Waals surface area contributed by atoms with E-state index in [0.29, 0.717) is 24.6 Å². The molecule has 0 aliphatic rings. The molecular weight excluding hydrogens is 340 g/mol. The molecule has 7 heteroatoms. The number of carbonyl (C=O) groups excluding carboxylic acids is 1. The molecule has 1 aromatic carbocycles. The molecule has 1 unspecified atom stereocenters. The summed E-state index contributed by atoms with van der Waals surface area (Å²) in [5.74, 6) is -0.268. The molecule has 1 aromatic heterocycles. The number of nitrogens with one attached hydrogen (secondary N) is 2. The van der Waals surface area contributed by atoms with Crippen molar-refractivity contribution in [3.63, 3.8) is 0 Å². The fraction of sp³-hybridized carbons (Fsp3) is 0.353. The van der Waals surface area contributed by atoms with E-state index >= 15 is 0 Å². The number of fused-ring (bicyclic) bond motifs is 1. The van der Waals surface area contributed by atoms with E-state index in [-0.39, 0.29) is 5.91 Å². The standard InChI is InChI=1S/C17H20N4OS2/c1-3-19-17(23)20-14(16(22)21(4-2)11-18)9-12-10-24-15-8-6-5-7-13(12)15/h5-8,10,14H,3-4,9H2,1-2H3,(H2,19,20,23). The zero-order chi connectivity index (χ0) is 17.5. The minimum absolute atomic E-state index is 0.268. The number of benzene rings is 1. The van der Waals surface area contributed by atoms with Crippen molar-refractivity contribution in [1.82, 2.24) is 15.5 Å². The van der Waals surface area contributed by atoms with Crippen molar-refractivity contribution in [2.45, 2.75) is 26.3 Å². The first-order valence-electron chi connectivity index (χ1n) is 7.81. The summed E-state index contributed by atoms with van der Waals surface area (Å²) in [5.41, 5.74) is 1.08. The van der Waals surface area contributed by atoms with Crippen molar-refractivity contribution in [3.8, 4) is 6.19 Å². The summed E-state index contributed by atoms with van der Waals surface area (Å²) in [7, 11) is 0. The zero-order valence-electron chi connectivity index (χ0n) is 13.7. The van der Waals surface area contributed by atoms with Gasteiger partial charge in [-0.3, -0.25) is 4.79 Å². The third-order valence-electron chi connectivity index (χ3n) is 3.63. The number of nitriles is 1. The number of nitrogens with zero attached hydrogens (tertiary/aromatic N) is 2. The minimum atomic E-state index is -0.575. The molecule has 126 valence electrons. The van der Waals surface area contributed by atoms with Gasteiger partial charge >= 0.3 is 0 Å². The van der Waals surface area contributed by atoms with Crippen molar-refractivity contribution in [3.05, 3.63) is 35.2 Å². The Bertz CT molecular complexity index is 765. The number of rotatable bonds is 6. The Labute approximate surface area is 151 Å². The number of carbonyl (C=O) groups is 1. The lowest BCUT2D eigenvalue weighted by Crippen LogP contribution is -2.51. The lowest BCUT2D eigenvalue weighted by atomic mass is 10.0. The van der Waals surface area contributed by atoms with Crippen LogP contribution in [0.4, 0.5) is 0 Å². The molecule has 24 heavy (non-hydrogen) atoms. The van der Waals surface area contributed by atoms with Crippen LogP contribution in [0.1, 0.15) is 19.4 Å². The molecule has 1 atom stereocenters. The average Bonchev–Trinajstić information content (AvgIpc) is 2.98. The predicted molar refractivity (Wildman–Crippen MR) is 102 cm³/mol. The van der Waals surface area contributed by atoms with Gasteiger partial charge in [-0.1, -0.05) is 18.2 Å². The van der Waals surface area contributed by atoms with Gasteiger partial charge in [0.15, 0.2) is 11.3 Å². The van der Waals surface area contributed by atoms with E-state index in [2.05, 4.69) is 22.1 Å². The summed E-state index contributed by atoms with van der Waals surface area (Å²) in [6.45, 7) is 4.72. The Morgan fingerprint density at radius 3 is 2.83 bits per heavy atom. The number of hydrogen-bond donors (Lipinski definition) is 2. The fourth-order valence-corrected chi connectivity index (χ4v) is 3.71. The van der Waals surface area contributed by atoms with E-state index in [9.17, 15) is 4.79 Å². The molecule has 0 aliphatic carbocycles. The monoisotopic (exact) mass is 360 g/mol. The quantitative estimate of drug-likeness (QED) is 0.471. The van der Waals surface area contributed by atoms with Crippen LogP contribution in [0, 0.1) is 11.5 Å². The van der Waals surface area contributed by atoms with Crippen LogP contribution in [0.15, 0.2) is 29.6 Å². The Morgan fingerprint density at radius 1 is 1.42 bits per heavy atom. The number of hydrogen-bond acceptors (Lipinski definition) is 4. The van der Waals surface area contributed by atoms with E-state index in [0.717, 1.165) is 15.8 Å². The van der Waals surface area contributed by atoms with Gasteiger partial charge in [-0.15, -0.1) is 11.3 Å². The molecule has 0 bridgehead atoms. The lowest BCUT2D eigenvalue weighted by molar-refractivity contribution is -0.129. The van der Waals surface area contributed by atoms with Crippen LogP contribution in [0.2, 0.25) is 0 Å². The summed E-state index contributed by atoms with van der Waals surface area (Å²) in [5, 5.41) is 18.8. The van der Waals surface area contributed by atoms with Gasteiger partial charge in [0.25, 0.3) is 5.91 Å². The van der Waals surface area contributed by atoms with Crippen molar-refractivity contribution >= 4 is 44.7 Å². The molecule has 0 radical (unpaired) electrons. The van der Waals surface area contributed by atoms with Crippen LogP contribution in [-0.2, 0) is 11.2 Å². The van der Waals surface area contributed by atoms with Gasteiger partial charge in [-0.2, -0.15) is 5.26 Å². The molecule has 1 amide bonds. The zero-order valence-corrected chi connectivity index (χ0v) is 15.3. The second-order valence-electron chi connectivity index (χ2n) is 5.20. The number of likely N-dealkylation sites (N-methyl/N-ethyl adjacent to an activating group) is 1. The highest BCUT2D eigenvalue weighted by Crippen LogP contribution is 2.26. The SMILES string of the molecule is CCNC(=S)NC(Cc1csc2ccccc12)C(=O)N(C#N)CC. The predicted octanol–water partition coefficient (Wildman–Crippen LogP) is 2.63. The molecule has 0 saturated heterocycles. The number of amides is 1. The first-order chi connectivity index (χ1) is 11.6. The summed E-state index contributed by atoms with van der Waals surface area (Å²) >= 11 is 6.88. The number of thiophene rings is 1. The van der Waals surface area contributed by atoms with Crippen LogP contribution < -0.4 is 10.6 Å². The van der Waals surface area contributed by atoms with Crippen molar-refractivity contribution in [2.75, 3.05) is 13.1 Å². The minimum Gasteiger partial charge on any atom is -0.363 e. The molecule has 0 aliphatic heterocycles. The maximum absolute atomic E-state index is 12.7. The molecule has 1 heterocycles. The van der Waals surface area contributed by atoms with Gasteiger partial charge < -0.3 is 10.6 Å². The largest absolute Gasteiger partial charge is 0.363 e. The van der Waals surface area contributed by atoms with E-state index < -0.39 is 6.04 Å². The molecule has 0 saturated carbocycles. The van der Waals surface area contributed by atoms with Crippen molar-refractivity contribution in [1.29, 1.82) is 5.26 Å². The molecule has 0 fully saturated rings. The molecule has 0 spiro atoms. The topological polar surface area (TPSA) is 68.2 Å². The van der Waals surface area contributed by atoms with Gasteiger partial charge in [0.05, 0.1) is 0 Å². The second-order valence-corrected chi connectivity index (χ2v) is 6.52. The smallest absolute Gasteiger partial charge is 0.258 e. The highest BCUT2D eigenvalue weighted by Gasteiger charge is 2.25. The van der Waals surface area contributed by atoms with Gasteiger partial charge in [0, 0.05) is 24.2 Å². The Balaban J connectivity index is 2.26. The molecule has 2 N–H and O–H groups in total. The summed E-state index contributed by atoms with van der Waals surface area (Å²) in [4.78, 5) is 13.8. The highest BCUT2D eigenvalue weighted by molar-refractivity contribution is 7.80. The van der Waals surface area contributed by atoms with Crippen LogP contribution >= 0.6 is 23.6 Å². The van der Waals surface area contributed by atoms with Crippen molar-refractivity contribution < 1.29 is 4.79 Å². The van der Waals surface area contributed by atoms with Gasteiger partial charge in [0.2, 0.25) is 0 Å². The maximum Gasteiger partial charge on any atom is 0.258 e. The summed E-state index contributed by atoms with van der Waals surface area (Å²) in [6, 6.07) is 7.52. The lowest BCUT2D eigenvalue weighted by Gasteiger charge is -2.23. The van der Waals surface area contributed by atoms with Gasteiger partial charge in [-0.05, 0) is 48.5 Å². The van der Waals surface area contributed by atoms with E-state index in [1.807, 2.05) is 31.3 Å². The maximum atomic E-state index is 12.7. The van der Waals surface area contributed by atoms with Crippen LogP contribution in [0.5, 0.6) is 0 Å². The van der Waals surface area contributed by atoms with Crippen LogP contribution in [-0.4, -0.2) is 35.1 Å². The normalized spacial score (nSPS) is 11.5. The molecular formula is C17H20N4OS2. The van der Waals surface area contributed by atoms with E-state index in [1.54, 1.807) is 18.3 Å². The fourth-order valence-electron chi connectivity index (χ4n) is 2.44. The van der Waals surface area contributed by atoms with Crippen LogP contribution in [0.3, 0.4) is 0 Å². The molecule has 5 nitrogen and oxygen atoms in total. The van der Waals surface area contributed by atoms with E-state index in [4.69, 9.17) is 17.5 Å². The Morgan fingerprint density at radius 2 is 2.17 bits per heavy atom. The van der Waals surface area contributed by atoms with E-state index in [1.165, 1.54) is 4.70 Å². The van der Waals surface area contributed by atoms with Crippen LogP contribution in [0.25, 0.3) is 10.1 Å². The third-order valence-corrected chi connectivity index (χ3v) is 4.90. The summed E-state index contributed by atoms with van der Waals surface area (Å²) < 4.78 is 1.18. The third kappa shape index (κ3) is 4.22. The molecule has 2 rings (SSSR count). The highest BCUT2D eigenvalue weighted by atomic mass is 32.1. The van der Waals surface area contributed by atoms with Crippen molar-refractivity contribution in [2.24, 2.45) is 0 Å². The molecule has 2 aromatic rings. The first kappa shape index (κ1) is 18.2. The first-order valence-corrected chi connectivity index (χ1v) is 9.10. The summed E-state index contributed by atoms with van der Waals surface area (Å²) in [6.07, 6.45) is 2.42. The van der Waals surface area contributed by atoms with Gasteiger partial charge in [-0.25, -0.2) is 4.90 Å². The number of thiocarbonyl (C=S) groups is 1. The Kier molecular flexibility index (Phi) is 6.53.